The van der Waals surface area contributed by atoms with Gasteiger partial charge in [0.15, 0.2) is 0 Å². The van der Waals surface area contributed by atoms with E-state index in [0.717, 1.165) is 39.7 Å². The topological polar surface area (TPSA) is 75.6 Å². The van der Waals surface area contributed by atoms with Gasteiger partial charge in [-0.1, -0.05) is 6.92 Å². The number of hydrogen-bond acceptors (Lipinski definition) is 7. The van der Waals surface area contributed by atoms with E-state index >= 15 is 0 Å². The van der Waals surface area contributed by atoms with Crippen LogP contribution in [0.4, 0.5) is 17.5 Å². The van der Waals surface area contributed by atoms with E-state index in [4.69, 9.17) is 0 Å². The largest absolute Gasteiger partial charge is 0.352 e. The van der Waals surface area contributed by atoms with Crippen molar-refractivity contribution in [2.45, 2.75) is 33.2 Å². The minimum Gasteiger partial charge on any atom is -0.352 e. The summed E-state index contributed by atoms with van der Waals surface area (Å²) in [5.41, 5.74) is 3.79. The molecule has 2 N–H and O–H groups in total. The van der Waals surface area contributed by atoms with Gasteiger partial charge in [0, 0.05) is 35.8 Å². The highest BCUT2D eigenvalue weighted by Gasteiger charge is 2.10. The van der Waals surface area contributed by atoms with Crippen molar-refractivity contribution in [2.24, 2.45) is 0 Å². The number of fused-ring (bicyclic) bond motifs is 1. The Morgan fingerprint density at radius 2 is 1.86 bits per heavy atom. The summed E-state index contributed by atoms with van der Waals surface area (Å²) >= 11 is 1.70. The number of benzene rings is 1. The summed E-state index contributed by atoms with van der Waals surface area (Å²) in [6, 6.07) is 12.3. The van der Waals surface area contributed by atoms with Crippen molar-refractivity contribution in [3.8, 4) is 11.3 Å². The van der Waals surface area contributed by atoms with Gasteiger partial charge in [-0.25, -0.2) is 9.97 Å². The van der Waals surface area contributed by atoms with E-state index in [-0.39, 0.29) is 6.04 Å². The molecule has 3 heterocycles. The number of anilines is 3. The smallest absolute Gasteiger partial charge is 0.225 e. The lowest BCUT2D eigenvalue weighted by atomic mass is 10.2. The Balaban J connectivity index is 1.70. The Morgan fingerprint density at radius 3 is 2.64 bits per heavy atom. The zero-order valence-electron chi connectivity index (χ0n) is 16.1. The lowest BCUT2D eigenvalue weighted by molar-refractivity contribution is 0.753. The predicted molar refractivity (Wildman–Crippen MR) is 116 cm³/mol. The first kappa shape index (κ1) is 18.3. The quantitative estimate of drug-likeness (QED) is 0.458. The molecule has 4 aromatic rings. The number of nitrogens with one attached hydrogen (secondary N) is 2. The van der Waals surface area contributed by atoms with Gasteiger partial charge in [-0.2, -0.15) is 4.98 Å². The van der Waals surface area contributed by atoms with Gasteiger partial charge in [-0.05, 0) is 50.6 Å². The van der Waals surface area contributed by atoms with Crippen molar-refractivity contribution < 1.29 is 0 Å². The molecule has 0 aliphatic carbocycles. The van der Waals surface area contributed by atoms with Crippen LogP contribution in [0.3, 0.4) is 0 Å². The van der Waals surface area contributed by atoms with Crippen LogP contribution in [0.15, 0.2) is 48.8 Å². The van der Waals surface area contributed by atoms with Gasteiger partial charge < -0.3 is 10.6 Å². The second-order valence-corrected chi connectivity index (χ2v) is 7.93. The summed E-state index contributed by atoms with van der Waals surface area (Å²) in [6.07, 6.45) is 4.53. The molecular weight excluding hydrogens is 368 g/mol. The van der Waals surface area contributed by atoms with Crippen molar-refractivity contribution in [3.05, 3.63) is 53.8 Å². The molecule has 1 atom stereocenters. The molecule has 0 spiro atoms. The Hall–Kier alpha value is -3.06. The van der Waals surface area contributed by atoms with Gasteiger partial charge in [0.1, 0.15) is 5.82 Å². The average molecular weight is 391 g/mol. The van der Waals surface area contributed by atoms with Crippen LogP contribution in [0.1, 0.15) is 25.3 Å². The van der Waals surface area contributed by atoms with E-state index in [2.05, 4.69) is 62.6 Å². The molecule has 0 amide bonds. The highest BCUT2D eigenvalue weighted by Crippen LogP contribution is 2.27. The lowest BCUT2D eigenvalue weighted by Crippen LogP contribution is -2.16. The van der Waals surface area contributed by atoms with Crippen LogP contribution in [-0.2, 0) is 0 Å². The van der Waals surface area contributed by atoms with Crippen LogP contribution >= 0.6 is 11.3 Å². The minimum atomic E-state index is 0.287. The SMILES string of the molecule is CC[C@@H](C)Nc1nc(Nc2ccc3sc(C)nc3c2)cc(-c2ccncc2)n1. The molecule has 0 saturated heterocycles. The summed E-state index contributed by atoms with van der Waals surface area (Å²) < 4.78 is 1.18. The molecule has 4 rings (SSSR count). The summed E-state index contributed by atoms with van der Waals surface area (Å²) in [5.74, 6) is 1.34. The van der Waals surface area contributed by atoms with Crippen molar-refractivity contribution in [3.63, 3.8) is 0 Å². The number of pyridine rings is 1. The zero-order chi connectivity index (χ0) is 19.5. The summed E-state index contributed by atoms with van der Waals surface area (Å²) in [7, 11) is 0. The van der Waals surface area contributed by atoms with E-state index in [1.54, 1.807) is 23.7 Å². The van der Waals surface area contributed by atoms with Crippen LogP contribution in [0.2, 0.25) is 0 Å². The third-order valence-electron chi connectivity index (χ3n) is 4.46. The monoisotopic (exact) mass is 390 g/mol. The molecule has 1 aromatic carbocycles. The fourth-order valence-electron chi connectivity index (χ4n) is 2.84. The second kappa shape index (κ2) is 7.90. The first-order chi connectivity index (χ1) is 13.6. The molecule has 6 nitrogen and oxygen atoms in total. The number of rotatable bonds is 6. The van der Waals surface area contributed by atoms with Crippen LogP contribution in [-0.4, -0.2) is 26.0 Å². The number of hydrogen-bond donors (Lipinski definition) is 2. The summed E-state index contributed by atoms with van der Waals surface area (Å²) in [4.78, 5) is 18.0. The van der Waals surface area contributed by atoms with Gasteiger partial charge in [0.25, 0.3) is 0 Å². The number of aryl methyl sites for hydroxylation is 1. The first-order valence-electron chi connectivity index (χ1n) is 9.31. The second-order valence-electron chi connectivity index (χ2n) is 6.69. The van der Waals surface area contributed by atoms with Crippen molar-refractivity contribution in [1.29, 1.82) is 0 Å². The highest BCUT2D eigenvalue weighted by molar-refractivity contribution is 7.18. The van der Waals surface area contributed by atoms with Crippen molar-refractivity contribution in [1.82, 2.24) is 19.9 Å². The standard InChI is InChI=1S/C21H22N6S/c1-4-13(2)23-21-26-17(15-7-9-22-10-8-15)12-20(27-21)25-16-5-6-19-18(11-16)24-14(3)28-19/h5-13H,4H2,1-3H3,(H2,23,25,26,27)/t13-/m1/s1. The van der Waals surface area contributed by atoms with Crippen LogP contribution in [0, 0.1) is 6.92 Å². The molecule has 0 saturated carbocycles. The molecule has 0 unspecified atom stereocenters. The Morgan fingerprint density at radius 1 is 1.04 bits per heavy atom. The van der Waals surface area contributed by atoms with Crippen molar-refractivity contribution >= 4 is 39.0 Å². The highest BCUT2D eigenvalue weighted by atomic mass is 32.1. The Bertz CT molecular complexity index is 1090. The molecular formula is C21H22N6S. The van der Waals surface area contributed by atoms with Crippen molar-refractivity contribution in [2.75, 3.05) is 10.6 Å². The maximum Gasteiger partial charge on any atom is 0.225 e. The van der Waals surface area contributed by atoms with Gasteiger partial charge in [-0.3, -0.25) is 4.98 Å². The van der Waals surface area contributed by atoms with E-state index in [0.29, 0.717) is 5.95 Å². The molecule has 0 fully saturated rings. The predicted octanol–water partition coefficient (Wildman–Crippen LogP) is 5.41. The first-order valence-corrected chi connectivity index (χ1v) is 10.1. The fraction of sp³-hybridized carbons (Fsp3) is 0.238. The van der Waals surface area contributed by atoms with E-state index < -0.39 is 0 Å². The molecule has 3 aromatic heterocycles. The maximum atomic E-state index is 4.69. The van der Waals surface area contributed by atoms with Gasteiger partial charge in [0.05, 0.1) is 20.9 Å². The van der Waals surface area contributed by atoms with Crippen LogP contribution < -0.4 is 10.6 Å². The normalized spacial score (nSPS) is 12.1. The summed E-state index contributed by atoms with van der Waals surface area (Å²) in [6.45, 7) is 6.28. The molecule has 0 aliphatic rings. The number of aromatic nitrogens is 4. The third-order valence-corrected chi connectivity index (χ3v) is 5.41. The molecule has 0 radical (unpaired) electrons. The number of thiazole rings is 1. The molecule has 142 valence electrons. The van der Waals surface area contributed by atoms with Crippen LogP contribution in [0.5, 0.6) is 0 Å². The van der Waals surface area contributed by atoms with E-state index in [1.807, 2.05) is 25.1 Å². The Labute approximate surface area is 168 Å². The third kappa shape index (κ3) is 4.09. The molecule has 0 aliphatic heterocycles. The van der Waals surface area contributed by atoms with Crippen LogP contribution in [0.25, 0.3) is 21.5 Å². The van der Waals surface area contributed by atoms with E-state index in [1.165, 1.54) is 4.70 Å². The minimum absolute atomic E-state index is 0.287. The molecule has 0 bridgehead atoms. The maximum absolute atomic E-state index is 4.69. The average Bonchev–Trinajstić information content (AvgIpc) is 3.07. The number of nitrogens with zero attached hydrogens (tertiary/aromatic N) is 4. The fourth-order valence-corrected chi connectivity index (χ4v) is 3.64. The lowest BCUT2D eigenvalue weighted by Gasteiger charge is -2.14. The van der Waals surface area contributed by atoms with Gasteiger partial charge >= 0.3 is 0 Å². The van der Waals surface area contributed by atoms with E-state index in [9.17, 15) is 0 Å². The zero-order valence-corrected chi connectivity index (χ0v) is 16.9. The Kier molecular flexibility index (Phi) is 5.16. The van der Waals surface area contributed by atoms with Gasteiger partial charge in [-0.15, -0.1) is 11.3 Å². The summed E-state index contributed by atoms with van der Waals surface area (Å²) in [5, 5.41) is 7.84. The molecule has 7 heteroatoms. The molecule has 28 heavy (non-hydrogen) atoms. The van der Waals surface area contributed by atoms with Gasteiger partial charge in [0.2, 0.25) is 5.95 Å².